The molecule has 0 bridgehead atoms. The first-order chi connectivity index (χ1) is 6.61. The van der Waals surface area contributed by atoms with Gasteiger partial charge in [-0.2, -0.15) is 0 Å². The summed E-state index contributed by atoms with van der Waals surface area (Å²) in [6.07, 6.45) is -0.414. The maximum atomic E-state index is 10.3. The molecule has 1 aromatic rings. The van der Waals surface area contributed by atoms with Crippen molar-refractivity contribution in [2.24, 2.45) is 0 Å². The van der Waals surface area contributed by atoms with E-state index in [2.05, 4.69) is 0 Å². The fraction of sp³-hybridized carbons (Fsp3) is 0.364. The van der Waals surface area contributed by atoms with Crippen molar-refractivity contribution in [1.82, 2.24) is 0 Å². The number of aliphatic carboxylic acids is 1. The topological polar surface area (TPSA) is 57.5 Å². The van der Waals surface area contributed by atoms with Gasteiger partial charge in [-0.3, -0.25) is 4.79 Å². The molecule has 1 unspecified atom stereocenters. The van der Waals surface area contributed by atoms with Crippen LogP contribution in [0.25, 0.3) is 0 Å². The van der Waals surface area contributed by atoms with Gasteiger partial charge in [0, 0.05) is 6.42 Å². The van der Waals surface area contributed by atoms with Gasteiger partial charge < -0.3 is 10.2 Å². The summed E-state index contributed by atoms with van der Waals surface area (Å²) in [7, 11) is 0. The van der Waals surface area contributed by atoms with E-state index in [-0.39, 0.29) is 12.8 Å². The number of aliphatic hydroxyl groups is 1. The van der Waals surface area contributed by atoms with Gasteiger partial charge in [-0.05, 0) is 24.5 Å². The third-order valence-corrected chi connectivity index (χ3v) is 2.18. The molecule has 0 saturated carbocycles. The molecule has 1 aromatic carbocycles. The molecule has 0 aliphatic carbocycles. The van der Waals surface area contributed by atoms with Gasteiger partial charge in [-0.25, -0.2) is 0 Å². The fourth-order valence-electron chi connectivity index (χ4n) is 1.38. The van der Waals surface area contributed by atoms with Gasteiger partial charge in [0.1, 0.15) is 0 Å². The molecular formula is C11H14O3. The van der Waals surface area contributed by atoms with Crippen LogP contribution in [0, 0.1) is 6.92 Å². The SMILES string of the molecule is Cc1ccccc1C(O)CCC(=O)O. The maximum Gasteiger partial charge on any atom is 0.303 e. The van der Waals surface area contributed by atoms with Crippen LogP contribution in [0.5, 0.6) is 0 Å². The van der Waals surface area contributed by atoms with Crippen molar-refractivity contribution in [3.8, 4) is 0 Å². The van der Waals surface area contributed by atoms with Crippen molar-refractivity contribution in [3.63, 3.8) is 0 Å². The predicted molar refractivity (Wildman–Crippen MR) is 53.0 cm³/mol. The third-order valence-electron chi connectivity index (χ3n) is 2.18. The van der Waals surface area contributed by atoms with Crippen molar-refractivity contribution in [3.05, 3.63) is 35.4 Å². The third kappa shape index (κ3) is 2.85. The molecule has 1 rings (SSSR count). The summed E-state index contributed by atoms with van der Waals surface area (Å²) >= 11 is 0. The minimum Gasteiger partial charge on any atom is -0.481 e. The molecule has 0 aromatic heterocycles. The van der Waals surface area contributed by atoms with Crippen molar-refractivity contribution in [1.29, 1.82) is 0 Å². The van der Waals surface area contributed by atoms with Gasteiger partial charge in [0.2, 0.25) is 0 Å². The molecule has 14 heavy (non-hydrogen) atoms. The number of carbonyl (C=O) groups is 1. The molecule has 3 nitrogen and oxygen atoms in total. The van der Waals surface area contributed by atoms with Gasteiger partial charge in [-0.15, -0.1) is 0 Å². The molecule has 0 radical (unpaired) electrons. The van der Waals surface area contributed by atoms with Gasteiger partial charge >= 0.3 is 5.97 Å². The highest BCUT2D eigenvalue weighted by Crippen LogP contribution is 2.21. The first-order valence-electron chi connectivity index (χ1n) is 4.56. The lowest BCUT2D eigenvalue weighted by Gasteiger charge is -2.11. The molecule has 0 spiro atoms. The average Bonchev–Trinajstić information content (AvgIpc) is 2.15. The maximum absolute atomic E-state index is 10.3. The number of aryl methyl sites for hydroxylation is 1. The Bertz CT molecular complexity index is 320. The quantitative estimate of drug-likeness (QED) is 0.769. The molecule has 0 aliphatic rings. The van der Waals surface area contributed by atoms with Crippen molar-refractivity contribution in [2.45, 2.75) is 25.9 Å². The lowest BCUT2D eigenvalue weighted by atomic mass is 10.0. The van der Waals surface area contributed by atoms with Crippen LogP contribution in [-0.2, 0) is 4.79 Å². The summed E-state index contributed by atoms with van der Waals surface area (Å²) in [6.45, 7) is 1.90. The minimum absolute atomic E-state index is 0.00446. The highest BCUT2D eigenvalue weighted by Gasteiger charge is 2.11. The standard InChI is InChI=1S/C11H14O3/c1-8-4-2-3-5-9(8)10(12)6-7-11(13)14/h2-5,10,12H,6-7H2,1H3,(H,13,14). The van der Waals surface area contributed by atoms with Crippen molar-refractivity contribution >= 4 is 5.97 Å². The first kappa shape index (κ1) is 10.7. The summed E-state index contributed by atoms with van der Waals surface area (Å²) in [5, 5.41) is 18.2. The lowest BCUT2D eigenvalue weighted by molar-refractivity contribution is -0.137. The molecule has 2 N–H and O–H groups in total. The Morgan fingerprint density at radius 2 is 2.07 bits per heavy atom. The molecular weight excluding hydrogens is 180 g/mol. The zero-order valence-corrected chi connectivity index (χ0v) is 8.10. The van der Waals surface area contributed by atoms with Gasteiger partial charge in [0.15, 0.2) is 0 Å². The monoisotopic (exact) mass is 194 g/mol. The van der Waals surface area contributed by atoms with E-state index in [0.29, 0.717) is 0 Å². The van der Waals surface area contributed by atoms with Crippen LogP contribution in [0.4, 0.5) is 0 Å². The average molecular weight is 194 g/mol. The van der Waals surface area contributed by atoms with E-state index in [4.69, 9.17) is 5.11 Å². The van der Waals surface area contributed by atoms with E-state index in [9.17, 15) is 9.90 Å². The van der Waals surface area contributed by atoms with Crippen LogP contribution in [0.15, 0.2) is 24.3 Å². The van der Waals surface area contributed by atoms with Crippen LogP contribution in [0.3, 0.4) is 0 Å². The molecule has 0 aliphatic heterocycles. The minimum atomic E-state index is -0.877. The Morgan fingerprint density at radius 3 is 2.64 bits per heavy atom. The Hall–Kier alpha value is -1.35. The summed E-state index contributed by atoms with van der Waals surface area (Å²) in [5.74, 6) is -0.877. The van der Waals surface area contributed by atoms with Crippen LogP contribution < -0.4 is 0 Å². The second-order valence-electron chi connectivity index (χ2n) is 3.30. The largest absolute Gasteiger partial charge is 0.481 e. The molecule has 0 saturated heterocycles. The fourth-order valence-corrected chi connectivity index (χ4v) is 1.38. The number of aliphatic hydroxyl groups excluding tert-OH is 1. The van der Waals surface area contributed by atoms with E-state index in [1.165, 1.54) is 0 Å². The number of carboxylic acid groups (broad SMARTS) is 1. The zero-order chi connectivity index (χ0) is 10.6. The van der Waals surface area contributed by atoms with Crippen molar-refractivity contribution < 1.29 is 15.0 Å². The van der Waals surface area contributed by atoms with E-state index in [1.54, 1.807) is 0 Å². The highest BCUT2D eigenvalue weighted by atomic mass is 16.4. The van der Waals surface area contributed by atoms with E-state index < -0.39 is 12.1 Å². The summed E-state index contributed by atoms with van der Waals surface area (Å²) < 4.78 is 0. The molecule has 0 fully saturated rings. The Labute approximate surface area is 83.0 Å². The highest BCUT2D eigenvalue weighted by molar-refractivity contribution is 5.66. The Morgan fingerprint density at radius 1 is 1.43 bits per heavy atom. The number of carboxylic acids is 1. The lowest BCUT2D eigenvalue weighted by Crippen LogP contribution is -2.03. The van der Waals surface area contributed by atoms with Crippen molar-refractivity contribution in [2.75, 3.05) is 0 Å². The Kier molecular flexibility index (Phi) is 3.65. The second kappa shape index (κ2) is 4.77. The summed E-state index contributed by atoms with van der Waals surface area (Å²) in [5.41, 5.74) is 1.80. The van der Waals surface area contributed by atoms with Gasteiger partial charge in [0.05, 0.1) is 6.10 Å². The number of benzene rings is 1. The number of rotatable bonds is 4. The molecule has 0 heterocycles. The van der Waals surface area contributed by atoms with E-state index in [1.807, 2.05) is 31.2 Å². The van der Waals surface area contributed by atoms with Crippen LogP contribution in [0.2, 0.25) is 0 Å². The molecule has 3 heteroatoms. The molecule has 1 atom stereocenters. The zero-order valence-electron chi connectivity index (χ0n) is 8.10. The first-order valence-corrected chi connectivity index (χ1v) is 4.56. The Balaban J connectivity index is 2.65. The number of hydrogen-bond acceptors (Lipinski definition) is 2. The van der Waals surface area contributed by atoms with Crippen LogP contribution in [-0.4, -0.2) is 16.2 Å². The number of hydrogen-bond donors (Lipinski definition) is 2. The van der Waals surface area contributed by atoms with Gasteiger partial charge in [0.25, 0.3) is 0 Å². The van der Waals surface area contributed by atoms with Crippen LogP contribution >= 0.6 is 0 Å². The smallest absolute Gasteiger partial charge is 0.303 e. The van der Waals surface area contributed by atoms with E-state index in [0.717, 1.165) is 11.1 Å². The van der Waals surface area contributed by atoms with Crippen LogP contribution in [0.1, 0.15) is 30.1 Å². The normalized spacial score (nSPS) is 12.4. The summed E-state index contributed by atoms with van der Waals surface area (Å²) in [6, 6.07) is 7.45. The molecule has 76 valence electrons. The second-order valence-corrected chi connectivity index (χ2v) is 3.30. The van der Waals surface area contributed by atoms with E-state index >= 15 is 0 Å². The summed E-state index contributed by atoms with van der Waals surface area (Å²) in [4.78, 5) is 10.3. The van der Waals surface area contributed by atoms with Gasteiger partial charge in [-0.1, -0.05) is 24.3 Å². The molecule has 0 amide bonds. The predicted octanol–water partition coefficient (Wildman–Crippen LogP) is 1.89.